The number of urea groups is 1. The third kappa shape index (κ3) is 5.13. The summed E-state index contributed by atoms with van der Waals surface area (Å²) in [6, 6.07) is -0.695. The van der Waals surface area contributed by atoms with Gasteiger partial charge in [-0.25, -0.2) is 9.78 Å². The second-order valence-corrected chi connectivity index (χ2v) is 5.19. The minimum Gasteiger partial charge on any atom is -0.481 e. The Hall–Kier alpha value is -1.63. The number of aromatic nitrogens is 1. The average Bonchev–Trinajstić information content (AvgIpc) is 2.71. The Balaban J connectivity index is 2.34. The Labute approximate surface area is 109 Å². The van der Waals surface area contributed by atoms with Crippen molar-refractivity contribution in [2.75, 3.05) is 0 Å². The van der Waals surface area contributed by atoms with E-state index in [1.54, 1.807) is 6.20 Å². The van der Waals surface area contributed by atoms with Gasteiger partial charge < -0.3 is 15.7 Å². The minimum absolute atomic E-state index is 0.0659. The van der Waals surface area contributed by atoms with Crippen LogP contribution < -0.4 is 10.6 Å². The molecule has 2 amide bonds. The summed E-state index contributed by atoms with van der Waals surface area (Å²) in [7, 11) is 0. The van der Waals surface area contributed by atoms with Crippen molar-refractivity contribution in [1.82, 2.24) is 15.6 Å². The number of nitrogens with zero attached hydrogens (tertiary/aromatic N) is 1. The molecule has 1 unspecified atom stereocenters. The highest BCUT2D eigenvalue weighted by molar-refractivity contribution is 7.11. The van der Waals surface area contributed by atoms with E-state index < -0.39 is 5.97 Å². The van der Waals surface area contributed by atoms with Crippen LogP contribution in [0.15, 0.2) is 6.20 Å². The van der Waals surface area contributed by atoms with E-state index in [4.69, 9.17) is 5.11 Å². The summed E-state index contributed by atoms with van der Waals surface area (Å²) in [5.74, 6) is -0.916. The van der Waals surface area contributed by atoms with Gasteiger partial charge in [-0.05, 0) is 13.3 Å². The third-order valence-corrected chi connectivity index (χ3v) is 3.25. The summed E-state index contributed by atoms with van der Waals surface area (Å²) in [6.45, 7) is 4.13. The summed E-state index contributed by atoms with van der Waals surface area (Å²) in [5.41, 5.74) is 0. The lowest BCUT2D eigenvalue weighted by Gasteiger charge is -2.15. The molecule has 1 rings (SSSR count). The highest BCUT2D eigenvalue weighted by atomic mass is 32.1. The van der Waals surface area contributed by atoms with Gasteiger partial charge in [-0.15, -0.1) is 11.3 Å². The fraction of sp³-hybridized carbons (Fsp3) is 0.545. The van der Waals surface area contributed by atoms with Gasteiger partial charge in [0, 0.05) is 17.1 Å². The molecule has 0 saturated carbocycles. The maximum atomic E-state index is 11.5. The van der Waals surface area contributed by atoms with E-state index in [2.05, 4.69) is 15.6 Å². The van der Waals surface area contributed by atoms with E-state index in [1.165, 1.54) is 11.3 Å². The zero-order valence-corrected chi connectivity index (χ0v) is 11.2. The maximum absolute atomic E-state index is 11.5. The van der Waals surface area contributed by atoms with Gasteiger partial charge in [-0.1, -0.05) is 6.92 Å². The minimum atomic E-state index is -0.916. The average molecular weight is 271 g/mol. The lowest BCUT2D eigenvalue weighted by Crippen LogP contribution is -2.42. The Morgan fingerprint density at radius 1 is 1.56 bits per heavy atom. The van der Waals surface area contributed by atoms with Crippen LogP contribution in [-0.2, 0) is 11.3 Å². The predicted octanol–water partition coefficient (Wildman–Crippen LogP) is 1.50. The molecular weight excluding hydrogens is 254 g/mol. The second kappa shape index (κ2) is 6.95. The lowest BCUT2D eigenvalue weighted by molar-refractivity contribution is -0.137. The van der Waals surface area contributed by atoms with Gasteiger partial charge in [-0.2, -0.15) is 0 Å². The van der Waals surface area contributed by atoms with Crippen molar-refractivity contribution in [3.8, 4) is 0 Å². The van der Waals surface area contributed by atoms with Crippen LogP contribution in [-0.4, -0.2) is 28.1 Å². The molecule has 18 heavy (non-hydrogen) atoms. The lowest BCUT2D eigenvalue weighted by atomic mass is 10.1. The molecule has 0 radical (unpaired) electrons. The van der Waals surface area contributed by atoms with E-state index >= 15 is 0 Å². The van der Waals surface area contributed by atoms with Crippen molar-refractivity contribution in [3.63, 3.8) is 0 Å². The van der Waals surface area contributed by atoms with Crippen molar-refractivity contribution in [1.29, 1.82) is 0 Å². The topological polar surface area (TPSA) is 91.3 Å². The summed E-state index contributed by atoms with van der Waals surface area (Å²) in [4.78, 5) is 27.1. The van der Waals surface area contributed by atoms with Gasteiger partial charge >= 0.3 is 12.0 Å². The zero-order chi connectivity index (χ0) is 13.5. The monoisotopic (exact) mass is 271 g/mol. The van der Waals surface area contributed by atoms with E-state index in [9.17, 15) is 9.59 Å². The SMILES string of the molecule is CCC(CC(=O)O)NC(=O)NCc1cnc(C)s1. The summed E-state index contributed by atoms with van der Waals surface area (Å²) in [6.07, 6.45) is 2.23. The van der Waals surface area contributed by atoms with Gasteiger partial charge in [0.1, 0.15) is 0 Å². The highest BCUT2D eigenvalue weighted by Gasteiger charge is 2.13. The number of thiazole rings is 1. The molecule has 0 aromatic carbocycles. The maximum Gasteiger partial charge on any atom is 0.315 e. The predicted molar refractivity (Wildman–Crippen MR) is 68.6 cm³/mol. The molecule has 3 N–H and O–H groups in total. The van der Waals surface area contributed by atoms with Crippen molar-refractivity contribution >= 4 is 23.3 Å². The van der Waals surface area contributed by atoms with E-state index in [0.29, 0.717) is 13.0 Å². The van der Waals surface area contributed by atoms with Crippen molar-refractivity contribution < 1.29 is 14.7 Å². The van der Waals surface area contributed by atoms with Gasteiger partial charge in [0.2, 0.25) is 0 Å². The largest absolute Gasteiger partial charge is 0.481 e. The van der Waals surface area contributed by atoms with Crippen LogP contribution in [0.4, 0.5) is 4.79 Å². The molecule has 0 fully saturated rings. The third-order valence-electron chi connectivity index (χ3n) is 2.34. The number of amides is 2. The van der Waals surface area contributed by atoms with E-state index in [0.717, 1.165) is 9.88 Å². The van der Waals surface area contributed by atoms with Gasteiger partial charge in [0.05, 0.1) is 18.0 Å². The molecular formula is C11H17N3O3S. The Morgan fingerprint density at radius 3 is 2.78 bits per heavy atom. The van der Waals surface area contributed by atoms with Crippen LogP contribution in [0.3, 0.4) is 0 Å². The van der Waals surface area contributed by atoms with E-state index in [-0.39, 0.29) is 18.5 Å². The van der Waals surface area contributed by atoms with E-state index in [1.807, 2.05) is 13.8 Å². The number of carboxylic acids is 1. The Morgan fingerprint density at radius 2 is 2.28 bits per heavy atom. The Bertz CT molecular complexity index is 419. The number of aliphatic carboxylic acids is 1. The smallest absolute Gasteiger partial charge is 0.315 e. The molecule has 0 aliphatic carbocycles. The number of carbonyl (C=O) groups is 2. The van der Waals surface area contributed by atoms with Crippen molar-refractivity contribution in [2.24, 2.45) is 0 Å². The number of nitrogens with one attached hydrogen (secondary N) is 2. The normalized spacial score (nSPS) is 11.9. The van der Waals surface area contributed by atoms with Crippen molar-refractivity contribution in [3.05, 3.63) is 16.1 Å². The Kier molecular flexibility index (Phi) is 5.57. The van der Waals surface area contributed by atoms with Crippen LogP contribution in [0, 0.1) is 6.92 Å². The number of aryl methyl sites for hydroxylation is 1. The summed E-state index contributed by atoms with van der Waals surface area (Å²) in [5, 5.41) is 14.9. The van der Waals surface area contributed by atoms with Crippen LogP contribution in [0.1, 0.15) is 29.7 Å². The number of hydrogen-bond acceptors (Lipinski definition) is 4. The standard InChI is InChI=1S/C11H17N3O3S/c1-3-8(4-10(15)16)14-11(17)13-6-9-5-12-7(2)18-9/h5,8H,3-4,6H2,1-2H3,(H,15,16)(H2,13,14,17). The molecule has 0 aliphatic heterocycles. The molecule has 0 bridgehead atoms. The molecule has 1 aromatic rings. The number of rotatable bonds is 6. The van der Waals surface area contributed by atoms with Crippen LogP contribution >= 0.6 is 11.3 Å². The van der Waals surface area contributed by atoms with Crippen molar-refractivity contribution in [2.45, 2.75) is 39.3 Å². The first-order valence-corrected chi connectivity index (χ1v) is 6.50. The summed E-state index contributed by atoms with van der Waals surface area (Å²) < 4.78 is 0. The molecule has 100 valence electrons. The molecule has 0 spiro atoms. The molecule has 7 heteroatoms. The first kappa shape index (κ1) is 14.4. The first-order valence-electron chi connectivity index (χ1n) is 5.68. The van der Waals surface area contributed by atoms with Gasteiger partial charge in [0.15, 0.2) is 0 Å². The summed E-state index contributed by atoms with van der Waals surface area (Å²) >= 11 is 1.52. The molecule has 1 aromatic heterocycles. The molecule has 0 saturated heterocycles. The van der Waals surface area contributed by atoms with Crippen LogP contribution in [0.5, 0.6) is 0 Å². The molecule has 0 aliphatic rings. The number of carboxylic acid groups (broad SMARTS) is 1. The fourth-order valence-corrected chi connectivity index (χ4v) is 2.13. The van der Waals surface area contributed by atoms with Crippen LogP contribution in [0.2, 0.25) is 0 Å². The highest BCUT2D eigenvalue weighted by Crippen LogP contribution is 2.10. The second-order valence-electron chi connectivity index (χ2n) is 3.88. The first-order chi connectivity index (χ1) is 8.51. The molecule has 1 atom stereocenters. The fourth-order valence-electron chi connectivity index (χ4n) is 1.40. The molecule has 6 nitrogen and oxygen atoms in total. The zero-order valence-electron chi connectivity index (χ0n) is 10.4. The molecule has 1 heterocycles. The number of carbonyl (C=O) groups excluding carboxylic acids is 1. The van der Waals surface area contributed by atoms with Gasteiger partial charge in [-0.3, -0.25) is 4.79 Å². The quantitative estimate of drug-likeness (QED) is 0.731. The van der Waals surface area contributed by atoms with Gasteiger partial charge in [0.25, 0.3) is 0 Å². The van der Waals surface area contributed by atoms with Crippen LogP contribution in [0.25, 0.3) is 0 Å². The number of hydrogen-bond donors (Lipinski definition) is 3.